The first-order valence-corrected chi connectivity index (χ1v) is 11.9. The molecule has 1 aliphatic carbocycles. The Kier molecular flexibility index (Phi) is 10.6. The van der Waals surface area contributed by atoms with Crippen LogP contribution in [-0.2, 0) is 28.8 Å². The van der Waals surface area contributed by atoms with Gasteiger partial charge in [-0.2, -0.15) is 5.48 Å². The lowest BCUT2D eigenvalue weighted by Crippen LogP contribution is -2.44. The van der Waals surface area contributed by atoms with E-state index in [0.717, 1.165) is 22.3 Å². The summed E-state index contributed by atoms with van der Waals surface area (Å²) in [4.78, 5) is 62.9. The molecule has 0 fully saturated rings. The molecular formula is C25H30N6O7. The van der Waals surface area contributed by atoms with Crippen molar-refractivity contribution in [1.82, 2.24) is 26.7 Å². The normalized spacial score (nSPS) is 11.5. The molecule has 202 valence electrons. The molecule has 13 nitrogen and oxygen atoms in total. The Hall–Kier alpha value is -4.49. The fraction of sp³-hybridized carbons (Fsp3) is 0.320. The summed E-state index contributed by atoms with van der Waals surface area (Å²) in [5, 5.41) is 9.58. The summed E-state index contributed by atoms with van der Waals surface area (Å²) in [7, 11) is 0. The Labute approximate surface area is 218 Å². The Morgan fingerprint density at radius 1 is 0.711 bits per heavy atom. The molecule has 2 aromatic carbocycles. The lowest BCUT2D eigenvalue weighted by atomic mass is 9.98. The quantitative estimate of drug-likeness (QED) is 0.140. The smallest absolute Gasteiger partial charge is 0.431 e. The van der Waals surface area contributed by atoms with E-state index < -0.39 is 36.3 Å². The number of carbonyl (C=O) groups excluding carboxylic acids is 5. The van der Waals surface area contributed by atoms with Crippen LogP contribution in [0.5, 0.6) is 0 Å². The highest BCUT2D eigenvalue weighted by Crippen LogP contribution is 2.44. The van der Waals surface area contributed by atoms with Crippen LogP contribution in [0.3, 0.4) is 0 Å². The van der Waals surface area contributed by atoms with E-state index >= 15 is 0 Å². The zero-order valence-electron chi connectivity index (χ0n) is 20.6. The minimum absolute atomic E-state index is 0.0966. The first kappa shape index (κ1) is 28.1. The van der Waals surface area contributed by atoms with Crippen LogP contribution in [-0.4, -0.2) is 75.7 Å². The van der Waals surface area contributed by atoms with Gasteiger partial charge in [-0.05, 0) is 22.3 Å². The number of nitrogens with one attached hydrogen (secondary N) is 5. The maximum atomic E-state index is 12.0. The van der Waals surface area contributed by atoms with Crippen molar-refractivity contribution in [2.45, 2.75) is 5.92 Å². The van der Waals surface area contributed by atoms with Gasteiger partial charge in [0.1, 0.15) is 6.61 Å². The van der Waals surface area contributed by atoms with Crippen molar-refractivity contribution in [3.05, 3.63) is 59.7 Å². The van der Waals surface area contributed by atoms with Gasteiger partial charge in [-0.3, -0.25) is 24.0 Å². The number of ether oxygens (including phenoxy) is 1. The molecule has 1 aliphatic rings. The van der Waals surface area contributed by atoms with Crippen LogP contribution in [0, 0.1) is 0 Å². The molecule has 7 N–H and O–H groups in total. The van der Waals surface area contributed by atoms with E-state index in [2.05, 4.69) is 26.7 Å². The fourth-order valence-corrected chi connectivity index (χ4v) is 3.80. The van der Waals surface area contributed by atoms with Gasteiger partial charge in [0.05, 0.1) is 19.6 Å². The second-order valence-electron chi connectivity index (χ2n) is 8.17. The molecule has 0 bridgehead atoms. The predicted molar refractivity (Wildman–Crippen MR) is 135 cm³/mol. The molecule has 38 heavy (non-hydrogen) atoms. The second kappa shape index (κ2) is 14.3. The largest absolute Gasteiger partial charge is 0.447 e. The summed E-state index contributed by atoms with van der Waals surface area (Å²) >= 11 is 0. The Morgan fingerprint density at radius 2 is 1.24 bits per heavy atom. The topological polar surface area (TPSA) is 190 Å². The number of hydroxylamine groups is 1. The highest BCUT2D eigenvalue weighted by molar-refractivity contribution is 5.88. The van der Waals surface area contributed by atoms with Gasteiger partial charge in [-0.15, -0.1) is 0 Å². The molecular weight excluding hydrogens is 496 g/mol. The molecule has 0 radical (unpaired) electrons. The van der Waals surface area contributed by atoms with Gasteiger partial charge in [0.25, 0.3) is 0 Å². The van der Waals surface area contributed by atoms with E-state index in [-0.39, 0.29) is 45.2 Å². The summed E-state index contributed by atoms with van der Waals surface area (Å²) in [6, 6.07) is 15.9. The van der Waals surface area contributed by atoms with E-state index in [0.29, 0.717) is 0 Å². The standard InChI is InChI=1S/C25H30N6O7/c26-11-21(32)29-13-23(34)30-12-22(33)27-9-10-28-24(35)15-38-31-25(36)37-14-20-18-7-3-1-5-16(18)17-6-2-4-8-19(17)20/h1-8,20H,9-15,26H2,(H,27,33)(H,28,35)(H,29,32)(H,30,34)(H,31,36). The van der Waals surface area contributed by atoms with Gasteiger partial charge < -0.3 is 31.7 Å². The number of nitrogens with two attached hydrogens (primary N) is 1. The van der Waals surface area contributed by atoms with Gasteiger partial charge in [0.2, 0.25) is 23.6 Å². The lowest BCUT2D eigenvalue weighted by Gasteiger charge is -2.14. The first-order valence-electron chi connectivity index (χ1n) is 11.9. The van der Waals surface area contributed by atoms with Crippen LogP contribution < -0.4 is 32.5 Å². The lowest BCUT2D eigenvalue weighted by molar-refractivity contribution is -0.128. The van der Waals surface area contributed by atoms with E-state index in [9.17, 15) is 24.0 Å². The van der Waals surface area contributed by atoms with E-state index in [1.54, 1.807) is 0 Å². The van der Waals surface area contributed by atoms with E-state index in [1.165, 1.54) is 0 Å². The van der Waals surface area contributed by atoms with Crippen molar-refractivity contribution in [2.75, 3.05) is 45.9 Å². The molecule has 0 saturated heterocycles. The molecule has 0 atom stereocenters. The van der Waals surface area contributed by atoms with Gasteiger partial charge in [-0.1, -0.05) is 48.5 Å². The van der Waals surface area contributed by atoms with E-state index in [4.69, 9.17) is 15.3 Å². The number of hydrogen-bond donors (Lipinski definition) is 6. The maximum absolute atomic E-state index is 12.0. The maximum Gasteiger partial charge on any atom is 0.431 e. The van der Waals surface area contributed by atoms with Crippen molar-refractivity contribution in [3.63, 3.8) is 0 Å². The molecule has 0 spiro atoms. The van der Waals surface area contributed by atoms with Gasteiger partial charge >= 0.3 is 6.09 Å². The fourth-order valence-electron chi connectivity index (χ4n) is 3.80. The number of benzene rings is 2. The zero-order valence-corrected chi connectivity index (χ0v) is 20.6. The molecule has 0 aliphatic heterocycles. The SMILES string of the molecule is NCC(=O)NCC(=O)NCC(=O)NCCNC(=O)CONC(=O)OCC1c2ccccc2-c2ccccc21. The van der Waals surface area contributed by atoms with Gasteiger partial charge in [-0.25, -0.2) is 4.79 Å². The number of amides is 5. The zero-order chi connectivity index (χ0) is 27.3. The monoisotopic (exact) mass is 526 g/mol. The summed E-state index contributed by atoms with van der Waals surface area (Å²) in [6.45, 7) is -0.970. The highest BCUT2D eigenvalue weighted by atomic mass is 16.7. The number of fused-ring (bicyclic) bond motifs is 3. The van der Waals surface area contributed by atoms with Gasteiger partial charge in [0.15, 0.2) is 6.61 Å². The molecule has 13 heteroatoms. The average Bonchev–Trinajstić information content (AvgIpc) is 3.25. The van der Waals surface area contributed by atoms with Crippen molar-refractivity contribution in [1.29, 1.82) is 0 Å². The molecule has 0 unspecified atom stereocenters. The summed E-state index contributed by atoms with van der Waals surface area (Å²) in [5.41, 5.74) is 11.6. The Morgan fingerprint density at radius 3 is 1.84 bits per heavy atom. The third-order valence-corrected chi connectivity index (χ3v) is 5.55. The first-order chi connectivity index (χ1) is 18.4. The van der Waals surface area contributed by atoms with Crippen LogP contribution in [0.15, 0.2) is 48.5 Å². The third-order valence-electron chi connectivity index (χ3n) is 5.55. The third kappa shape index (κ3) is 8.28. The summed E-state index contributed by atoms with van der Waals surface area (Å²) in [5.74, 6) is -2.14. The molecule has 0 heterocycles. The molecule has 0 aromatic heterocycles. The van der Waals surface area contributed by atoms with Crippen LogP contribution in [0.2, 0.25) is 0 Å². The molecule has 0 saturated carbocycles. The molecule has 2 aromatic rings. The minimum Gasteiger partial charge on any atom is -0.447 e. The number of carbonyl (C=O) groups is 5. The minimum atomic E-state index is -0.823. The van der Waals surface area contributed by atoms with Crippen molar-refractivity contribution in [2.24, 2.45) is 5.73 Å². The molecule has 5 amide bonds. The van der Waals surface area contributed by atoms with Crippen LogP contribution >= 0.6 is 0 Å². The Bertz CT molecular complexity index is 1130. The van der Waals surface area contributed by atoms with Crippen molar-refractivity contribution in [3.8, 4) is 11.1 Å². The summed E-state index contributed by atoms with van der Waals surface area (Å²) in [6.07, 6.45) is -0.823. The predicted octanol–water partition coefficient (Wildman–Crippen LogP) is -1.12. The molecule has 3 rings (SSSR count). The Balaban J connectivity index is 1.25. The number of hydrogen-bond acceptors (Lipinski definition) is 8. The van der Waals surface area contributed by atoms with Gasteiger partial charge in [0, 0.05) is 19.0 Å². The van der Waals surface area contributed by atoms with Crippen LogP contribution in [0.1, 0.15) is 17.0 Å². The van der Waals surface area contributed by atoms with Crippen molar-refractivity contribution >= 4 is 29.7 Å². The number of rotatable bonds is 13. The van der Waals surface area contributed by atoms with E-state index in [1.807, 2.05) is 48.5 Å². The summed E-state index contributed by atoms with van der Waals surface area (Å²) < 4.78 is 5.31. The van der Waals surface area contributed by atoms with Crippen LogP contribution in [0.25, 0.3) is 11.1 Å². The van der Waals surface area contributed by atoms with Crippen LogP contribution in [0.4, 0.5) is 4.79 Å². The average molecular weight is 527 g/mol. The second-order valence-corrected chi connectivity index (χ2v) is 8.17. The highest BCUT2D eigenvalue weighted by Gasteiger charge is 2.29. The van der Waals surface area contributed by atoms with Crippen molar-refractivity contribution < 1.29 is 33.5 Å².